The zero-order valence-corrected chi connectivity index (χ0v) is 11.6. The SMILES string of the molecule is CC1=CC2=C(CC1C)CC1(CCN(C)CC1)C2. The van der Waals surface area contributed by atoms with E-state index in [9.17, 15) is 0 Å². The van der Waals surface area contributed by atoms with Crippen LogP contribution in [-0.4, -0.2) is 25.0 Å². The van der Waals surface area contributed by atoms with Crippen LogP contribution in [0.4, 0.5) is 0 Å². The van der Waals surface area contributed by atoms with Crippen molar-refractivity contribution in [2.45, 2.75) is 46.0 Å². The molecule has 1 nitrogen and oxygen atoms in total. The van der Waals surface area contributed by atoms with Crippen LogP contribution in [0.25, 0.3) is 0 Å². The third-order valence-electron chi connectivity index (χ3n) is 5.39. The van der Waals surface area contributed by atoms with Crippen molar-refractivity contribution in [2.24, 2.45) is 11.3 Å². The Morgan fingerprint density at radius 1 is 1.24 bits per heavy atom. The van der Waals surface area contributed by atoms with Crippen molar-refractivity contribution in [2.75, 3.05) is 20.1 Å². The topological polar surface area (TPSA) is 3.24 Å². The van der Waals surface area contributed by atoms with Gasteiger partial charge in [-0.1, -0.05) is 24.1 Å². The van der Waals surface area contributed by atoms with Gasteiger partial charge in [0.1, 0.15) is 0 Å². The summed E-state index contributed by atoms with van der Waals surface area (Å²) in [6.07, 6.45) is 9.46. The minimum atomic E-state index is 0.651. The summed E-state index contributed by atoms with van der Waals surface area (Å²) in [5.41, 5.74) is 5.77. The third kappa shape index (κ3) is 1.99. The van der Waals surface area contributed by atoms with E-state index in [4.69, 9.17) is 0 Å². The summed E-state index contributed by atoms with van der Waals surface area (Å²) in [6, 6.07) is 0. The third-order valence-corrected chi connectivity index (χ3v) is 5.39. The molecule has 1 unspecified atom stereocenters. The number of allylic oxidation sites excluding steroid dienone is 4. The molecule has 1 fully saturated rings. The number of hydrogen-bond acceptors (Lipinski definition) is 1. The molecule has 1 heterocycles. The van der Waals surface area contributed by atoms with Gasteiger partial charge in [-0.3, -0.25) is 0 Å². The van der Waals surface area contributed by atoms with Gasteiger partial charge in [-0.15, -0.1) is 0 Å². The van der Waals surface area contributed by atoms with Gasteiger partial charge in [-0.05, 0) is 76.1 Å². The van der Waals surface area contributed by atoms with E-state index in [0.717, 1.165) is 5.92 Å². The first-order chi connectivity index (χ1) is 8.08. The smallest absolute Gasteiger partial charge is 0.00163 e. The van der Waals surface area contributed by atoms with Crippen LogP contribution in [0.3, 0.4) is 0 Å². The number of likely N-dealkylation sites (tertiary alicyclic amines) is 1. The number of nitrogens with zero attached hydrogens (tertiary/aromatic N) is 1. The highest BCUT2D eigenvalue weighted by molar-refractivity contribution is 5.39. The lowest BCUT2D eigenvalue weighted by molar-refractivity contribution is 0.131. The van der Waals surface area contributed by atoms with E-state index in [2.05, 4.69) is 31.9 Å². The molecule has 1 heteroatoms. The molecule has 0 aromatic rings. The fourth-order valence-corrected chi connectivity index (χ4v) is 3.91. The van der Waals surface area contributed by atoms with Crippen molar-refractivity contribution in [3.8, 4) is 0 Å². The molecular weight excluding hydrogens is 206 g/mol. The molecule has 0 bridgehead atoms. The second-order valence-electron chi connectivity index (χ2n) is 6.78. The van der Waals surface area contributed by atoms with Gasteiger partial charge in [0.05, 0.1) is 0 Å². The molecule has 1 aliphatic heterocycles. The van der Waals surface area contributed by atoms with E-state index in [0.29, 0.717) is 5.41 Å². The lowest BCUT2D eigenvalue weighted by Crippen LogP contribution is -2.36. The molecule has 0 N–H and O–H groups in total. The highest BCUT2D eigenvalue weighted by Crippen LogP contribution is 2.52. The molecule has 0 aromatic carbocycles. The standard InChI is InChI=1S/C16H25N/c1-12-8-14-10-16(4-6-17(3)7-5-16)11-15(14)9-13(12)2/h8,13H,4-7,9-11H2,1-3H3. The van der Waals surface area contributed by atoms with Gasteiger partial charge in [0.15, 0.2) is 0 Å². The quantitative estimate of drug-likeness (QED) is 0.613. The Balaban J connectivity index is 1.77. The summed E-state index contributed by atoms with van der Waals surface area (Å²) in [7, 11) is 2.27. The van der Waals surface area contributed by atoms with E-state index in [-0.39, 0.29) is 0 Å². The Kier molecular flexibility index (Phi) is 2.70. The van der Waals surface area contributed by atoms with E-state index >= 15 is 0 Å². The minimum absolute atomic E-state index is 0.651. The lowest BCUT2D eigenvalue weighted by Gasteiger charge is -2.38. The molecule has 1 atom stereocenters. The second kappa shape index (κ2) is 3.98. The zero-order valence-electron chi connectivity index (χ0n) is 11.6. The summed E-state index contributed by atoms with van der Waals surface area (Å²) in [5.74, 6) is 0.787. The van der Waals surface area contributed by atoms with Crippen molar-refractivity contribution in [1.29, 1.82) is 0 Å². The van der Waals surface area contributed by atoms with Crippen LogP contribution in [-0.2, 0) is 0 Å². The van der Waals surface area contributed by atoms with Gasteiger partial charge in [0, 0.05) is 0 Å². The van der Waals surface area contributed by atoms with Crippen LogP contribution in [0.1, 0.15) is 46.0 Å². The Bertz CT molecular complexity index is 380. The molecule has 0 amide bonds. The van der Waals surface area contributed by atoms with Crippen molar-refractivity contribution >= 4 is 0 Å². The molecule has 2 aliphatic carbocycles. The van der Waals surface area contributed by atoms with E-state index < -0.39 is 0 Å². The molecule has 1 spiro atoms. The lowest BCUT2D eigenvalue weighted by atomic mass is 9.75. The average molecular weight is 231 g/mol. The highest BCUT2D eigenvalue weighted by atomic mass is 15.1. The Labute approximate surface area is 106 Å². The predicted octanol–water partition coefficient (Wildman–Crippen LogP) is 3.77. The molecule has 3 aliphatic rings. The maximum atomic E-state index is 2.51. The summed E-state index contributed by atoms with van der Waals surface area (Å²) >= 11 is 0. The van der Waals surface area contributed by atoms with Crippen LogP contribution >= 0.6 is 0 Å². The number of hydrogen-bond donors (Lipinski definition) is 0. The first-order valence-corrected chi connectivity index (χ1v) is 7.16. The van der Waals surface area contributed by atoms with Crippen molar-refractivity contribution < 1.29 is 0 Å². The normalized spacial score (nSPS) is 32.9. The largest absolute Gasteiger partial charge is 0.306 e. The summed E-state index contributed by atoms with van der Waals surface area (Å²) < 4.78 is 0. The van der Waals surface area contributed by atoms with E-state index in [1.807, 2.05) is 0 Å². The van der Waals surface area contributed by atoms with E-state index in [1.165, 1.54) is 45.2 Å². The molecule has 94 valence electrons. The monoisotopic (exact) mass is 231 g/mol. The first-order valence-electron chi connectivity index (χ1n) is 7.16. The molecule has 0 saturated carbocycles. The molecule has 0 aromatic heterocycles. The second-order valence-corrected chi connectivity index (χ2v) is 6.78. The minimum Gasteiger partial charge on any atom is -0.306 e. The Morgan fingerprint density at radius 2 is 1.94 bits per heavy atom. The number of rotatable bonds is 0. The van der Waals surface area contributed by atoms with Gasteiger partial charge >= 0.3 is 0 Å². The first kappa shape index (κ1) is 11.5. The average Bonchev–Trinajstić information content (AvgIpc) is 2.62. The summed E-state index contributed by atoms with van der Waals surface area (Å²) in [5, 5.41) is 0. The fourth-order valence-electron chi connectivity index (χ4n) is 3.91. The molecule has 3 rings (SSSR count). The van der Waals surface area contributed by atoms with Crippen LogP contribution in [0.15, 0.2) is 22.8 Å². The van der Waals surface area contributed by atoms with Crippen LogP contribution in [0.5, 0.6) is 0 Å². The molecule has 17 heavy (non-hydrogen) atoms. The predicted molar refractivity (Wildman–Crippen MR) is 73.0 cm³/mol. The molecule has 1 saturated heterocycles. The van der Waals surface area contributed by atoms with Crippen LogP contribution < -0.4 is 0 Å². The number of piperidine rings is 1. The molecular formula is C16H25N. The Hall–Kier alpha value is -0.560. The van der Waals surface area contributed by atoms with E-state index in [1.54, 1.807) is 16.7 Å². The molecule has 0 radical (unpaired) electrons. The fraction of sp³-hybridized carbons (Fsp3) is 0.750. The van der Waals surface area contributed by atoms with Gasteiger partial charge in [-0.2, -0.15) is 0 Å². The van der Waals surface area contributed by atoms with Gasteiger partial charge in [0.25, 0.3) is 0 Å². The van der Waals surface area contributed by atoms with Gasteiger partial charge in [-0.25, -0.2) is 0 Å². The Morgan fingerprint density at radius 3 is 2.65 bits per heavy atom. The van der Waals surface area contributed by atoms with Crippen molar-refractivity contribution in [1.82, 2.24) is 4.90 Å². The maximum absolute atomic E-state index is 2.51. The van der Waals surface area contributed by atoms with Crippen LogP contribution in [0.2, 0.25) is 0 Å². The van der Waals surface area contributed by atoms with Gasteiger partial charge in [0.2, 0.25) is 0 Å². The van der Waals surface area contributed by atoms with Crippen molar-refractivity contribution in [3.05, 3.63) is 22.8 Å². The summed E-state index contributed by atoms with van der Waals surface area (Å²) in [6.45, 7) is 7.31. The van der Waals surface area contributed by atoms with Crippen molar-refractivity contribution in [3.63, 3.8) is 0 Å². The highest BCUT2D eigenvalue weighted by Gasteiger charge is 2.40. The van der Waals surface area contributed by atoms with Crippen LogP contribution in [0, 0.1) is 11.3 Å². The zero-order chi connectivity index (χ0) is 12.0. The van der Waals surface area contributed by atoms with Gasteiger partial charge < -0.3 is 4.90 Å². The summed E-state index contributed by atoms with van der Waals surface area (Å²) in [4.78, 5) is 2.49. The maximum Gasteiger partial charge on any atom is -0.00163 e.